The number of fused-ring (bicyclic) bond motifs is 4. The second-order valence-corrected chi connectivity index (χ2v) is 10.5. The summed E-state index contributed by atoms with van der Waals surface area (Å²) < 4.78 is 7.31. The van der Waals surface area contributed by atoms with E-state index in [0.717, 1.165) is 17.5 Å². The number of aromatic nitrogens is 4. The number of halogens is 1. The first-order valence-electron chi connectivity index (χ1n) is 12.1. The van der Waals surface area contributed by atoms with Gasteiger partial charge in [0.15, 0.2) is 0 Å². The van der Waals surface area contributed by atoms with E-state index >= 15 is 0 Å². The number of benzene rings is 1. The van der Waals surface area contributed by atoms with Crippen molar-refractivity contribution in [3.63, 3.8) is 0 Å². The number of nitrogens with one attached hydrogen (secondary N) is 1. The molecule has 12 heteroatoms. The van der Waals surface area contributed by atoms with E-state index < -0.39 is 12.0 Å². The van der Waals surface area contributed by atoms with Crippen molar-refractivity contribution in [2.45, 2.75) is 38.4 Å². The fraction of sp³-hybridized carbons (Fsp3) is 0.308. The fourth-order valence-corrected chi connectivity index (χ4v) is 5.97. The van der Waals surface area contributed by atoms with E-state index in [2.05, 4.69) is 36.2 Å². The Morgan fingerprint density at radius 2 is 2.03 bits per heavy atom. The van der Waals surface area contributed by atoms with Crippen LogP contribution < -0.4 is 11.1 Å². The lowest BCUT2D eigenvalue weighted by molar-refractivity contribution is -0.138. The van der Waals surface area contributed by atoms with Gasteiger partial charge in [0.25, 0.3) is 0 Å². The molecule has 2 fully saturated rings. The van der Waals surface area contributed by atoms with Gasteiger partial charge in [-0.3, -0.25) is 9.59 Å². The summed E-state index contributed by atoms with van der Waals surface area (Å²) in [5, 5.41) is 4.07. The highest BCUT2D eigenvalue weighted by molar-refractivity contribution is 9.10. The topological polar surface area (TPSA) is 145 Å². The standard InChI is InChI=1S/C26H24BrN7O4/c1-12-6-14(26(37)38-2)7-15-21-23(28)29-11-30-24(21)33(22(12)15)10-20(35)34-16-8-13(16)9-17(34)25(36)32-19-5-3-4-18(27)31-19/h3-7,11,13,16-17H,8-10H2,1-2H3,(H2,28,29,30)(H,31,32,36)/t13?,16-,17+/m1/s1. The first-order chi connectivity index (χ1) is 18.3. The molecule has 1 unspecified atom stereocenters. The van der Waals surface area contributed by atoms with Crippen molar-refractivity contribution in [3.05, 3.63) is 52.4 Å². The van der Waals surface area contributed by atoms with Crippen LogP contribution in [0.5, 0.6) is 0 Å². The SMILES string of the molecule is COC(=O)c1cc(C)c2c(c1)c1c(N)ncnc1n2CC(=O)N1[C@@H]2CC2C[C@H]1C(=O)Nc1cccc(Br)n1. The van der Waals surface area contributed by atoms with Crippen molar-refractivity contribution in [3.8, 4) is 0 Å². The van der Waals surface area contributed by atoms with Crippen LogP contribution in [0, 0.1) is 12.8 Å². The van der Waals surface area contributed by atoms with Crippen LogP contribution in [0.3, 0.4) is 0 Å². The number of rotatable bonds is 5. The first kappa shape index (κ1) is 24.3. The zero-order valence-corrected chi connectivity index (χ0v) is 22.2. The Labute approximate surface area is 225 Å². The number of nitrogens with two attached hydrogens (primary N) is 1. The summed E-state index contributed by atoms with van der Waals surface area (Å²) in [6.45, 7) is 1.81. The number of pyridine rings is 1. The number of hydrogen-bond donors (Lipinski definition) is 2. The van der Waals surface area contributed by atoms with Gasteiger partial charge in [-0.15, -0.1) is 0 Å². The highest BCUT2D eigenvalue weighted by atomic mass is 79.9. The molecule has 0 radical (unpaired) electrons. The van der Waals surface area contributed by atoms with Crippen molar-refractivity contribution in [1.29, 1.82) is 0 Å². The van der Waals surface area contributed by atoms with Gasteiger partial charge in [0.05, 0.1) is 23.6 Å². The van der Waals surface area contributed by atoms with E-state index in [0.29, 0.717) is 44.7 Å². The number of anilines is 2. The summed E-state index contributed by atoms with van der Waals surface area (Å²) in [5.41, 5.74) is 8.56. The third kappa shape index (κ3) is 3.95. The number of amides is 2. The van der Waals surface area contributed by atoms with Gasteiger partial charge in [0, 0.05) is 11.4 Å². The van der Waals surface area contributed by atoms with E-state index in [1.165, 1.54) is 13.4 Å². The van der Waals surface area contributed by atoms with Crippen LogP contribution >= 0.6 is 15.9 Å². The lowest BCUT2D eigenvalue weighted by Crippen LogP contribution is -2.46. The second kappa shape index (κ2) is 9.05. The maximum Gasteiger partial charge on any atom is 0.337 e. The predicted molar refractivity (Wildman–Crippen MR) is 143 cm³/mol. The van der Waals surface area contributed by atoms with Gasteiger partial charge in [0.1, 0.15) is 40.8 Å². The van der Waals surface area contributed by atoms with Crippen molar-refractivity contribution < 1.29 is 19.1 Å². The third-order valence-electron chi connectivity index (χ3n) is 7.33. The van der Waals surface area contributed by atoms with E-state index in [1.807, 2.05) is 6.92 Å². The summed E-state index contributed by atoms with van der Waals surface area (Å²) in [4.78, 5) is 53.9. The van der Waals surface area contributed by atoms with Crippen molar-refractivity contribution in [1.82, 2.24) is 24.4 Å². The Hall–Kier alpha value is -4.06. The van der Waals surface area contributed by atoms with Crippen LogP contribution in [0.4, 0.5) is 11.6 Å². The molecule has 0 spiro atoms. The molecule has 4 heterocycles. The van der Waals surface area contributed by atoms with Gasteiger partial charge >= 0.3 is 5.97 Å². The molecule has 1 aliphatic heterocycles. The number of nitrogens with zero attached hydrogens (tertiary/aromatic N) is 5. The molecule has 1 aliphatic carbocycles. The number of carbonyl (C=O) groups excluding carboxylic acids is 3. The molecule has 1 aromatic carbocycles. The Balaban J connectivity index is 1.37. The van der Waals surface area contributed by atoms with E-state index in [4.69, 9.17) is 10.5 Å². The molecule has 38 heavy (non-hydrogen) atoms. The lowest BCUT2D eigenvalue weighted by atomic mass is 10.1. The van der Waals surface area contributed by atoms with Gasteiger partial charge in [-0.25, -0.2) is 19.7 Å². The first-order valence-corrected chi connectivity index (χ1v) is 12.9. The quantitative estimate of drug-likeness (QED) is 0.272. The molecule has 11 nitrogen and oxygen atoms in total. The zero-order chi connectivity index (χ0) is 26.7. The highest BCUT2D eigenvalue weighted by Gasteiger charge is 2.56. The van der Waals surface area contributed by atoms with Crippen LogP contribution in [0.1, 0.15) is 28.8 Å². The smallest absolute Gasteiger partial charge is 0.337 e. The molecule has 1 saturated carbocycles. The van der Waals surface area contributed by atoms with Crippen LogP contribution in [-0.2, 0) is 20.9 Å². The summed E-state index contributed by atoms with van der Waals surface area (Å²) in [6, 6.07) is 8.11. The summed E-state index contributed by atoms with van der Waals surface area (Å²) in [6.07, 6.45) is 2.84. The van der Waals surface area contributed by atoms with Crippen molar-refractivity contribution in [2.75, 3.05) is 18.2 Å². The summed E-state index contributed by atoms with van der Waals surface area (Å²) in [5.74, 6) is 0.0473. The molecule has 194 valence electrons. The van der Waals surface area contributed by atoms with Crippen molar-refractivity contribution in [2.24, 2.45) is 5.92 Å². The molecular weight excluding hydrogens is 554 g/mol. The molecule has 0 bridgehead atoms. The van der Waals surface area contributed by atoms with Gasteiger partial charge in [-0.05, 0) is 71.4 Å². The largest absolute Gasteiger partial charge is 0.465 e. The van der Waals surface area contributed by atoms with Crippen LogP contribution in [0.25, 0.3) is 21.9 Å². The maximum atomic E-state index is 13.8. The molecule has 2 amide bonds. The number of aryl methyl sites for hydroxylation is 1. The van der Waals surface area contributed by atoms with E-state index in [-0.39, 0.29) is 30.2 Å². The molecule has 6 rings (SSSR count). The number of carbonyl (C=O) groups is 3. The monoisotopic (exact) mass is 577 g/mol. The van der Waals surface area contributed by atoms with Gasteiger partial charge in [-0.1, -0.05) is 6.07 Å². The Kier molecular flexibility index (Phi) is 5.78. The van der Waals surface area contributed by atoms with Crippen molar-refractivity contribution >= 4 is 67.3 Å². The maximum absolute atomic E-state index is 13.8. The van der Waals surface area contributed by atoms with Crippen LogP contribution in [-0.4, -0.2) is 61.4 Å². The number of methoxy groups -OCH3 is 1. The fourth-order valence-electron chi connectivity index (χ4n) is 5.63. The van der Waals surface area contributed by atoms with Gasteiger partial charge in [0.2, 0.25) is 11.8 Å². The minimum absolute atomic E-state index is 0.0357. The molecule has 2 aliphatic rings. The average molecular weight is 578 g/mol. The zero-order valence-electron chi connectivity index (χ0n) is 20.6. The molecule has 3 aromatic heterocycles. The number of esters is 1. The Morgan fingerprint density at radius 3 is 2.79 bits per heavy atom. The summed E-state index contributed by atoms with van der Waals surface area (Å²) in [7, 11) is 1.32. The molecule has 3 atom stereocenters. The number of nitrogen functional groups attached to an aromatic ring is 1. The van der Waals surface area contributed by atoms with Gasteiger partial charge < -0.3 is 25.3 Å². The second-order valence-electron chi connectivity index (χ2n) is 9.67. The molecule has 4 aromatic rings. The predicted octanol–water partition coefficient (Wildman–Crippen LogP) is 3.05. The minimum Gasteiger partial charge on any atom is -0.465 e. The normalized spacial score (nSPS) is 20.0. The Bertz CT molecular complexity index is 1650. The number of piperidine rings is 1. The van der Waals surface area contributed by atoms with E-state index in [1.54, 1.807) is 39.8 Å². The molecular formula is C26H24BrN7O4. The number of hydrogen-bond acceptors (Lipinski definition) is 8. The van der Waals surface area contributed by atoms with Crippen LogP contribution in [0.15, 0.2) is 41.3 Å². The van der Waals surface area contributed by atoms with Crippen LogP contribution in [0.2, 0.25) is 0 Å². The lowest BCUT2D eigenvalue weighted by Gasteiger charge is -2.27. The highest BCUT2D eigenvalue weighted by Crippen LogP contribution is 2.48. The summed E-state index contributed by atoms with van der Waals surface area (Å²) >= 11 is 3.31. The van der Waals surface area contributed by atoms with Gasteiger partial charge in [-0.2, -0.15) is 0 Å². The minimum atomic E-state index is -0.591. The Morgan fingerprint density at radius 1 is 1.21 bits per heavy atom. The average Bonchev–Trinajstić information content (AvgIpc) is 3.42. The molecule has 3 N–H and O–H groups in total. The third-order valence-corrected chi connectivity index (χ3v) is 7.77. The molecule has 1 saturated heterocycles. The number of likely N-dealkylation sites (tertiary alicyclic amines) is 1. The van der Waals surface area contributed by atoms with E-state index in [9.17, 15) is 14.4 Å². The number of ether oxygens (including phenoxy) is 1.